The van der Waals surface area contributed by atoms with Gasteiger partial charge in [-0.2, -0.15) is 0 Å². The van der Waals surface area contributed by atoms with Gasteiger partial charge < -0.3 is 15.3 Å². The molecule has 19 heavy (non-hydrogen) atoms. The van der Waals surface area contributed by atoms with E-state index in [1.165, 1.54) is 38.0 Å². The monoisotopic (exact) mass is 262 g/mol. The Kier molecular flexibility index (Phi) is 4.70. The van der Waals surface area contributed by atoms with E-state index in [0.29, 0.717) is 11.7 Å². The third kappa shape index (κ3) is 3.63. The first-order valence-electron chi connectivity index (χ1n) is 7.33. The highest BCUT2D eigenvalue weighted by Gasteiger charge is 2.21. The normalized spacial score (nSPS) is 17.9. The Morgan fingerprint density at radius 3 is 2.53 bits per heavy atom. The summed E-state index contributed by atoms with van der Waals surface area (Å²) in [6.45, 7) is 8.12. The molecule has 0 atom stereocenters. The van der Waals surface area contributed by atoms with Crippen LogP contribution in [-0.2, 0) is 0 Å². The Balaban J connectivity index is 1.96. The van der Waals surface area contributed by atoms with Crippen LogP contribution in [0.1, 0.15) is 38.2 Å². The number of anilines is 1. The third-order valence-corrected chi connectivity index (χ3v) is 3.97. The smallest absolute Gasteiger partial charge is 0.138 e. The molecule has 1 aliphatic rings. The summed E-state index contributed by atoms with van der Waals surface area (Å²) in [5.74, 6) is 1.71. The fourth-order valence-corrected chi connectivity index (χ4v) is 2.98. The van der Waals surface area contributed by atoms with E-state index in [1.807, 2.05) is 19.2 Å². The Bertz CT molecular complexity index is 409. The van der Waals surface area contributed by atoms with Gasteiger partial charge in [0, 0.05) is 13.6 Å². The SMILES string of the molecule is CNc1ccc(C2CCN(CC(C)C)CC2)cc1O. The number of hydrogen-bond donors (Lipinski definition) is 2. The summed E-state index contributed by atoms with van der Waals surface area (Å²) in [5, 5.41) is 12.9. The highest BCUT2D eigenvalue weighted by molar-refractivity contribution is 5.56. The fourth-order valence-electron chi connectivity index (χ4n) is 2.98. The van der Waals surface area contributed by atoms with Gasteiger partial charge in [0.05, 0.1) is 5.69 Å². The molecule has 1 heterocycles. The van der Waals surface area contributed by atoms with Gasteiger partial charge in [-0.1, -0.05) is 19.9 Å². The predicted octanol–water partition coefficient (Wildman–Crippen LogP) is 3.27. The van der Waals surface area contributed by atoms with Gasteiger partial charge in [-0.3, -0.25) is 0 Å². The van der Waals surface area contributed by atoms with E-state index in [2.05, 4.69) is 30.1 Å². The predicted molar refractivity (Wildman–Crippen MR) is 80.9 cm³/mol. The van der Waals surface area contributed by atoms with Gasteiger partial charge in [-0.25, -0.2) is 0 Å². The van der Waals surface area contributed by atoms with Crippen molar-refractivity contribution in [3.8, 4) is 5.75 Å². The maximum atomic E-state index is 9.92. The van der Waals surface area contributed by atoms with Crippen LogP contribution in [0.4, 0.5) is 5.69 Å². The maximum absolute atomic E-state index is 9.92. The van der Waals surface area contributed by atoms with Crippen LogP contribution in [0.2, 0.25) is 0 Å². The average Bonchev–Trinajstić information content (AvgIpc) is 2.39. The summed E-state index contributed by atoms with van der Waals surface area (Å²) in [6.07, 6.45) is 2.40. The summed E-state index contributed by atoms with van der Waals surface area (Å²) in [6, 6.07) is 6.05. The molecule has 3 nitrogen and oxygen atoms in total. The van der Waals surface area contributed by atoms with Crippen LogP contribution < -0.4 is 5.32 Å². The number of nitrogens with one attached hydrogen (secondary N) is 1. The van der Waals surface area contributed by atoms with Gasteiger partial charge in [-0.15, -0.1) is 0 Å². The number of hydrogen-bond acceptors (Lipinski definition) is 3. The topological polar surface area (TPSA) is 35.5 Å². The Labute approximate surface area is 116 Å². The first-order valence-corrected chi connectivity index (χ1v) is 7.33. The van der Waals surface area contributed by atoms with Gasteiger partial charge in [0.1, 0.15) is 5.75 Å². The molecule has 0 bridgehead atoms. The van der Waals surface area contributed by atoms with E-state index in [1.54, 1.807) is 0 Å². The van der Waals surface area contributed by atoms with Gasteiger partial charge in [0.25, 0.3) is 0 Å². The molecule has 0 amide bonds. The molecule has 1 aromatic rings. The Morgan fingerprint density at radius 2 is 2.00 bits per heavy atom. The van der Waals surface area contributed by atoms with Crippen LogP contribution in [0, 0.1) is 5.92 Å². The van der Waals surface area contributed by atoms with Crippen molar-refractivity contribution >= 4 is 5.69 Å². The molecule has 1 fully saturated rings. The molecule has 2 rings (SSSR count). The largest absolute Gasteiger partial charge is 0.506 e. The fraction of sp³-hybridized carbons (Fsp3) is 0.625. The Morgan fingerprint density at radius 1 is 1.32 bits per heavy atom. The maximum Gasteiger partial charge on any atom is 0.138 e. The molecule has 2 N–H and O–H groups in total. The van der Waals surface area contributed by atoms with E-state index in [9.17, 15) is 5.11 Å². The molecule has 1 aromatic carbocycles. The van der Waals surface area contributed by atoms with Crippen LogP contribution in [0.5, 0.6) is 5.75 Å². The van der Waals surface area contributed by atoms with Crippen molar-refractivity contribution in [2.45, 2.75) is 32.6 Å². The van der Waals surface area contributed by atoms with Crippen LogP contribution in [0.3, 0.4) is 0 Å². The van der Waals surface area contributed by atoms with Crippen molar-refractivity contribution < 1.29 is 5.11 Å². The number of aromatic hydroxyl groups is 1. The van der Waals surface area contributed by atoms with Crippen LogP contribution >= 0.6 is 0 Å². The molecule has 3 heteroatoms. The highest BCUT2D eigenvalue weighted by atomic mass is 16.3. The second kappa shape index (κ2) is 6.29. The van der Waals surface area contributed by atoms with E-state index in [0.717, 1.165) is 11.6 Å². The number of phenols is 1. The molecule has 0 aliphatic carbocycles. The van der Waals surface area contributed by atoms with E-state index < -0.39 is 0 Å². The summed E-state index contributed by atoms with van der Waals surface area (Å²) >= 11 is 0. The summed E-state index contributed by atoms with van der Waals surface area (Å²) in [5.41, 5.74) is 2.08. The molecular formula is C16H26N2O. The summed E-state index contributed by atoms with van der Waals surface area (Å²) in [4.78, 5) is 2.56. The van der Waals surface area contributed by atoms with Crippen molar-refractivity contribution in [1.29, 1.82) is 0 Å². The van der Waals surface area contributed by atoms with Crippen molar-refractivity contribution in [2.24, 2.45) is 5.92 Å². The van der Waals surface area contributed by atoms with Crippen LogP contribution in [-0.4, -0.2) is 36.7 Å². The second-order valence-electron chi connectivity index (χ2n) is 6.00. The minimum absolute atomic E-state index is 0.365. The van der Waals surface area contributed by atoms with Crippen molar-refractivity contribution in [1.82, 2.24) is 4.90 Å². The first kappa shape index (κ1) is 14.2. The standard InChI is InChI=1S/C16H26N2O/c1-12(2)11-18-8-6-13(7-9-18)14-4-5-15(17-3)16(19)10-14/h4-5,10,12-13,17,19H,6-9,11H2,1-3H3. The van der Waals surface area contributed by atoms with E-state index >= 15 is 0 Å². The zero-order valence-electron chi connectivity index (χ0n) is 12.3. The molecule has 0 spiro atoms. The summed E-state index contributed by atoms with van der Waals surface area (Å²) < 4.78 is 0. The van der Waals surface area contributed by atoms with Crippen molar-refractivity contribution in [3.63, 3.8) is 0 Å². The Hall–Kier alpha value is -1.22. The molecule has 1 saturated heterocycles. The molecule has 106 valence electrons. The first-order chi connectivity index (χ1) is 9.10. The van der Waals surface area contributed by atoms with Crippen molar-refractivity contribution in [3.05, 3.63) is 23.8 Å². The molecule has 0 saturated carbocycles. The number of rotatable bonds is 4. The molecule has 1 aliphatic heterocycles. The zero-order chi connectivity index (χ0) is 13.8. The second-order valence-corrected chi connectivity index (χ2v) is 6.00. The lowest BCUT2D eigenvalue weighted by atomic mass is 9.89. The van der Waals surface area contributed by atoms with E-state index in [-0.39, 0.29) is 0 Å². The molecule has 0 unspecified atom stereocenters. The average molecular weight is 262 g/mol. The lowest BCUT2D eigenvalue weighted by Gasteiger charge is -2.33. The van der Waals surface area contributed by atoms with Crippen molar-refractivity contribution in [2.75, 3.05) is 32.0 Å². The lowest BCUT2D eigenvalue weighted by molar-refractivity contribution is 0.192. The van der Waals surface area contributed by atoms with Gasteiger partial charge >= 0.3 is 0 Å². The number of likely N-dealkylation sites (tertiary alicyclic amines) is 1. The number of piperidine rings is 1. The summed E-state index contributed by atoms with van der Waals surface area (Å²) in [7, 11) is 1.83. The number of nitrogens with zero attached hydrogens (tertiary/aromatic N) is 1. The lowest BCUT2D eigenvalue weighted by Crippen LogP contribution is -2.35. The van der Waals surface area contributed by atoms with Crippen LogP contribution in [0.15, 0.2) is 18.2 Å². The number of benzene rings is 1. The molecular weight excluding hydrogens is 236 g/mol. The van der Waals surface area contributed by atoms with Crippen LogP contribution in [0.25, 0.3) is 0 Å². The minimum atomic E-state index is 0.365. The minimum Gasteiger partial charge on any atom is -0.506 e. The number of phenolic OH excluding ortho intramolecular Hbond substituents is 1. The zero-order valence-corrected chi connectivity index (χ0v) is 12.3. The highest BCUT2D eigenvalue weighted by Crippen LogP contribution is 2.33. The van der Waals surface area contributed by atoms with Gasteiger partial charge in [-0.05, 0) is 55.5 Å². The quantitative estimate of drug-likeness (QED) is 0.818. The van der Waals surface area contributed by atoms with Gasteiger partial charge in [0.2, 0.25) is 0 Å². The van der Waals surface area contributed by atoms with Gasteiger partial charge in [0.15, 0.2) is 0 Å². The molecule has 0 aromatic heterocycles. The molecule has 0 radical (unpaired) electrons. The third-order valence-electron chi connectivity index (χ3n) is 3.97. The van der Waals surface area contributed by atoms with E-state index in [4.69, 9.17) is 0 Å².